The molecule has 0 aliphatic carbocycles. The number of hydrogen-bond donors (Lipinski definition) is 0. The van der Waals surface area contributed by atoms with E-state index in [1.807, 2.05) is 35.0 Å². The Morgan fingerprint density at radius 1 is 0.960 bits per heavy atom. The van der Waals surface area contributed by atoms with Crippen molar-refractivity contribution in [2.75, 3.05) is 0 Å². The van der Waals surface area contributed by atoms with Gasteiger partial charge in [-0.3, -0.25) is 14.9 Å². The second-order valence-electron chi connectivity index (χ2n) is 5.47. The molecule has 0 fully saturated rings. The van der Waals surface area contributed by atoms with E-state index in [9.17, 15) is 14.9 Å². The standard InChI is InChI=1S/C18H16N2O3S2/c21-18(11-14-5-1-2-8-17(14)20(22)23)19(12-15-6-3-9-24-15)13-16-7-4-10-25-16/h1-10H,11-13H2. The van der Waals surface area contributed by atoms with Crippen LogP contribution in [0.1, 0.15) is 15.3 Å². The van der Waals surface area contributed by atoms with Gasteiger partial charge in [-0.2, -0.15) is 0 Å². The molecule has 0 radical (unpaired) electrons. The molecule has 1 aromatic carbocycles. The fourth-order valence-corrected chi connectivity index (χ4v) is 3.97. The maximum absolute atomic E-state index is 12.9. The second-order valence-corrected chi connectivity index (χ2v) is 7.54. The third-order valence-electron chi connectivity index (χ3n) is 3.74. The molecule has 128 valence electrons. The first kappa shape index (κ1) is 17.3. The van der Waals surface area contributed by atoms with Crippen molar-refractivity contribution in [2.24, 2.45) is 0 Å². The van der Waals surface area contributed by atoms with Gasteiger partial charge in [0.05, 0.1) is 24.4 Å². The molecule has 3 aromatic rings. The zero-order valence-corrected chi connectivity index (χ0v) is 15.0. The Bertz CT molecular complexity index is 809. The fraction of sp³-hybridized carbons (Fsp3) is 0.167. The van der Waals surface area contributed by atoms with E-state index in [0.29, 0.717) is 18.7 Å². The Labute approximate surface area is 153 Å². The van der Waals surface area contributed by atoms with Crippen LogP contribution in [-0.4, -0.2) is 15.7 Å². The molecule has 0 aliphatic heterocycles. The normalized spacial score (nSPS) is 10.6. The number of nitro groups is 1. The molecule has 0 N–H and O–H groups in total. The molecule has 1 amide bonds. The van der Waals surface area contributed by atoms with E-state index in [1.165, 1.54) is 6.07 Å². The summed E-state index contributed by atoms with van der Waals surface area (Å²) in [5.41, 5.74) is 0.433. The largest absolute Gasteiger partial charge is 0.332 e. The fourth-order valence-electron chi connectivity index (χ4n) is 2.53. The summed E-state index contributed by atoms with van der Waals surface area (Å²) in [7, 11) is 0. The number of amides is 1. The van der Waals surface area contributed by atoms with Gasteiger partial charge in [0.15, 0.2) is 0 Å². The van der Waals surface area contributed by atoms with Crippen molar-refractivity contribution in [2.45, 2.75) is 19.5 Å². The molecular formula is C18H16N2O3S2. The number of hydrogen-bond acceptors (Lipinski definition) is 5. The first-order valence-electron chi connectivity index (χ1n) is 7.68. The molecule has 0 bridgehead atoms. The average molecular weight is 372 g/mol. The van der Waals surface area contributed by atoms with E-state index in [1.54, 1.807) is 45.8 Å². The van der Waals surface area contributed by atoms with Crippen molar-refractivity contribution in [3.8, 4) is 0 Å². The number of benzene rings is 1. The van der Waals surface area contributed by atoms with Gasteiger partial charge in [-0.15, -0.1) is 22.7 Å². The first-order chi connectivity index (χ1) is 12.1. The van der Waals surface area contributed by atoms with Crippen molar-refractivity contribution < 1.29 is 9.72 Å². The van der Waals surface area contributed by atoms with Crippen LogP contribution in [0, 0.1) is 10.1 Å². The van der Waals surface area contributed by atoms with Crippen LogP contribution in [0.3, 0.4) is 0 Å². The third kappa shape index (κ3) is 4.52. The third-order valence-corrected chi connectivity index (χ3v) is 5.46. The number of nitrogens with zero attached hydrogens (tertiary/aromatic N) is 2. The summed E-state index contributed by atoms with van der Waals surface area (Å²) in [4.78, 5) is 27.5. The molecule has 3 rings (SSSR count). The molecular weight excluding hydrogens is 356 g/mol. The van der Waals surface area contributed by atoms with Gasteiger partial charge in [0.2, 0.25) is 5.91 Å². The van der Waals surface area contributed by atoms with Crippen LogP contribution >= 0.6 is 22.7 Å². The maximum Gasteiger partial charge on any atom is 0.273 e. The van der Waals surface area contributed by atoms with E-state index in [0.717, 1.165) is 9.75 Å². The van der Waals surface area contributed by atoms with Crippen LogP contribution in [0.4, 0.5) is 5.69 Å². The van der Waals surface area contributed by atoms with E-state index < -0.39 is 4.92 Å². The van der Waals surface area contributed by atoms with Crippen LogP contribution in [0.15, 0.2) is 59.3 Å². The summed E-state index contributed by atoms with van der Waals surface area (Å²) in [5.74, 6) is -0.115. The van der Waals surface area contributed by atoms with Gasteiger partial charge in [-0.1, -0.05) is 30.3 Å². The number of carbonyl (C=O) groups is 1. The molecule has 7 heteroatoms. The summed E-state index contributed by atoms with van der Waals surface area (Å²) < 4.78 is 0. The van der Waals surface area contributed by atoms with Gasteiger partial charge in [-0.25, -0.2) is 0 Å². The van der Waals surface area contributed by atoms with Crippen LogP contribution in [0.25, 0.3) is 0 Å². The zero-order chi connectivity index (χ0) is 17.6. The van der Waals surface area contributed by atoms with Gasteiger partial charge in [0, 0.05) is 21.4 Å². The Hall–Kier alpha value is -2.51. The van der Waals surface area contributed by atoms with Crippen LogP contribution in [0.2, 0.25) is 0 Å². The topological polar surface area (TPSA) is 63.4 Å². The monoisotopic (exact) mass is 372 g/mol. The minimum atomic E-state index is -0.439. The second kappa shape index (κ2) is 8.04. The van der Waals surface area contributed by atoms with Gasteiger partial charge in [0.1, 0.15) is 0 Å². The Morgan fingerprint density at radius 3 is 2.08 bits per heavy atom. The maximum atomic E-state index is 12.9. The molecule has 2 aromatic heterocycles. The summed E-state index contributed by atoms with van der Waals surface area (Å²) in [6.45, 7) is 1.02. The summed E-state index contributed by atoms with van der Waals surface area (Å²) in [5, 5.41) is 15.1. The highest BCUT2D eigenvalue weighted by Crippen LogP contribution is 2.22. The molecule has 2 heterocycles. The van der Waals surface area contributed by atoms with E-state index in [2.05, 4.69) is 0 Å². The van der Waals surface area contributed by atoms with Crippen molar-refractivity contribution in [3.63, 3.8) is 0 Å². The van der Waals surface area contributed by atoms with Crippen LogP contribution in [0.5, 0.6) is 0 Å². The molecule has 0 saturated carbocycles. The van der Waals surface area contributed by atoms with Crippen molar-refractivity contribution >= 4 is 34.3 Å². The Balaban J connectivity index is 1.80. The predicted octanol–water partition coefficient (Wildman–Crippen LogP) is 4.49. The minimum absolute atomic E-state index is 0.0111. The van der Waals surface area contributed by atoms with Gasteiger partial charge >= 0.3 is 0 Å². The number of thiophene rings is 2. The van der Waals surface area contributed by atoms with Crippen molar-refractivity contribution in [1.82, 2.24) is 4.90 Å². The lowest BCUT2D eigenvalue weighted by Crippen LogP contribution is -2.31. The summed E-state index contributed by atoms with van der Waals surface area (Å²) in [6, 6.07) is 14.3. The van der Waals surface area contributed by atoms with E-state index in [4.69, 9.17) is 0 Å². The van der Waals surface area contributed by atoms with Gasteiger partial charge < -0.3 is 4.90 Å². The molecule has 0 spiro atoms. The van der Waals surface area contributed by atoms with Crippen LogP contribution in [-0.2, 0) is 24.3 Å². The smallest absolute Gasteiger partial charge is 0.273 e. The predicted molar refractivity (Wildman–Crippen MR) is 99.7 cm³/mol. The highest BCUT2D eigenvalue weighted by atomic mass is 32.1. The lowest BCUT2D eigenvalue weighted by Gasteiger charge is -2.21. The minimum Gasteiger partial charge on any atom is -0.332 e. The van der Waals surface area contributed by atoms with Crippen LogP contribution < -0.4 is 0 Å². The quantitative estimate of drug-likeness (QED) is 0.453. The lowest BCUT2D eigenvalue weighted by molar-refractivity contribution is -0.385. The lowest BCUT2D eigenvalue weighted by atomic mass is 10.1. The Kier molecular flexibility index (Phi) is 5.57. The van der Waals surface area contributed by atoms with E-state index in [-0.39, 0.29) is 18.0 Å². The molecule has 0 aliphatic rings. The summed E-state index contributed by atoms with van der Waals surface area (Å²) >= 11 is 3.19. The first-order valence-corrected chi connectivity index (χ1v) is 9.44. The van der Waals surface area contributed by atoms with Crippen molar-refractivity contribution in [1.29, 1.82) is 0 Å². The van der Waals surface area contributed by atoms with E-state index >= 15 is 0 Å². The summed E-state index contributed by atoms with van der Waals surface area (Å²) in [6.07, 6.45) is 0.0217. The average Bonchev–Trinajstić information content (AvgIpc) is 3.28. The number of nitro benzene ring substituents is 1. The molecule has 0 atom stereocenters. The van der Waals surface area contributed by atoms with Gasteiger partial charge in [0.25, 0.3) is 5.69 Å². The zero-order valence-electron chi connectivity index (χ0n) is 13.3. The number of carbonyl (C=O) groups excluding carboxylic acids is 1. The number of para-hydroxylation sites is 1. The Morgan fingerprint density at radius 2 is 1.56 bits per heavy atom. The van der Waals surface area contributed by atoms with Crippen molar-refractivity contribution in [3.05, 3.63) is 84.7 Å². The highest BCUT2D eigenvalue weighted by molar-refractivity contribution is 7.10. The molecule has 0 unspecified atom stereocenters. The van der Waals surface area contributed by atoms with Gasteiger partial charge in [-0.05, 0) is 22.9 Å². The molecule has 25 heavy (non-hydrogen) atoms. The molecule has 5 nitrogen and oxygen atoms in total. The highest BCUT2D eigenvalue weighted by Gasteiger charge is 2.20. The molecule has 0 saturated heterocycles. The SMILES string of the molecule is O=C(Cc1ccccc1[N+](=O)[O-])N(Cc1cccs1)Cc1cccs1. The number of rotatable bonds is 7.